The predicted molar refractivity (Wildman–Crippen MR) is 80.4 cm³/mol. The van der Waals surface area contributed by atoms with Gasteiger partial charge in [-0.25, -0.2) is 0 Å². The summed E-state index contributed by atoms with van der Waals surface area (Å²) in [4.78, 5) is 42.4. The monoisotopic (exact) mass is 304 g/mol. The molecule has 118 valence electrons. The van der Waals surface area contributed by atoms with Crippen LogP contribution in [0.5, 0.6) is 0 Å². The van der Waals surface area contributed by atoms with Crippen molar-refractivity contribution in [1.82, 2.24) is 20.1 Å². The Kier molecular flexibility index (Phi) is 5.46. The molecule has 0 saturated carbocycles. The van der Waals surface area contributed by atoms with Crippen LogP contribution in [0.4, 0.5) is 0 Å². The average Bonchev–Trinajstić information content (AvgIpc) is 2.59. The van der Waals surface area contributed by atoms with Crippen molar-refractivity contribution in [2.75, 3.05) is 32.7 Å². The SMILES string of the molecule is CCCNC(=O)c1ccnc(C(=O)N2CCN(C=O)CC2)c1. The second-order valence-corrected chi connectivity index (χ2v) is 5.12. The fourth-order valence-electron chi connectivity index (χ4n) is 2.22. The first-order valence-electron chi connectivity index (χ1n) is 7.38. The van der Waals surface area contributed by atoms with Crippen molar-refractivity contribution in [3.05, 3.63) is 29.6 Å². The van der Waals surface area contributed by atoms with E-state index in [1.807, 2.05) is 6.92 Å². The quantitative estimate of drug-likeness (QED) is 0.784. The lowest BCUT2D eigenvalue weighted by Crippen LogP contribution is -2.48. The summed E-state index contributed by atoms with van der Waals surface area (Å²) in [7, 11) is 0. The van der Waals surface area contributed by atoms with E-state index in [4.69, 9.17) is 0 Å². The Bertz CT molecular complexity index is 553. The molecule has 7 heteroatoms. The number of rotatable bonds is 5. The molecule has 1 aromatic rings. The van der Waals surface area contributed by atoms with E-state index in [1.54, 1.807) is 15.9 Å². The van der Waals surface area contributed by atoms with E-state index in [0.717, 1.165) is 12.8 Å². The number of nitrogens with one attached hydrogen (secondary N) is 1. The van der Waals surface area contributed by atoms with Gasteiger partial charge in [-0.05, 0) is 18.6 Å². The van der Waals surface area contributed by atoms with Crippen LogP contribution in [0.1, 0.15) is 34.2 Å². The van der Waals surface area contributed by atoms with Crippen molar-refractivity contribution >= 4 is 18.2 Å². The van der Waals surface area contributed by atoms with Gasteiger partial charge in [0.05, 0.1) is 0 Å². The van der Waals surface area contributed by atoms with Crippen LogP contribution in [0, 0.1) is 0 Å². The van der Waals surface area contributed by atoms with Gasteiger partial charge >= 0.3 is 0 Å². The number of carbonyl (C=O) groups excluding carboxylic acids is 3. The van der Waals surface area contributed by atoms with Gasteiger partial charge in [0.2, 0.25) is 6.41 Å². The molecule has 0 bridgehead atoms. The molecule has 1 aliphatic heterocycles. The van der Waals surface area contributed by atoms with Gasteiger partial charge in [-0.15, -0.1) is 0 Å². The van der Waals surface area contributed by atoms with E-state index in [0.29, 0.717) is 38.3 Å². The number of aromatic nitrogens is 1. The smallest absolute Gasteiger partial charge is 0.272 e. The van der Waals surface area contributed by atoms with Crippen molar-refractivity contribution in [1.29, 1.82) is 0 Å². The minimum Gasteiger partial charge on any atom is -0.352 e. The Balaban J connectivity index is 2.04. The van der Waals surface area contributed by atoms with Crippen LogP contribution >= 0.6 is 0 Å². The largest absolute Gasteiger partial charge is 0.352 e. The third kappa shape index (κ3) is 3.81. The van der Waals surface area contributed by atoms with Crippen LogP contribution in [0.15, 0.2) is 18.3 Å². The van der Waals surface area contributed by atoms with E-state index < -0.39 is 0 Å². The second-order valence-electron chi connectivity index (χ2n) is 5.12. The fraction of sp³-hybridized carbons (Fsp3) is 0.467. The zero-order chi connectivity index (χ0) is 15.9. The second kappa shape index (κ2) is 7.53. The number of amides is 3. The van der Waals surface area contributed by atoms with Gasteiger partial charge in [0.1, 0.15) is 5.69 Å². The van der Waals surface area contributed by atoms with Crippen LogP contribution in [0.3, 0.4) is 0 Å². The van der Waals surface area contributed by atoms with E-state index in [1.165, 1.54) is 12.3 Å². The first-order valence-corrected chi connectivity index (χ1v) is 7.38. The van der Waals surface area contributed by atoms with Crippen LogP contribution in [-0.4, -0.2) is 65.7 Å². The molecule has 0 atom stereocenters. The average molecular weight is 304 g/mol. The van der Waals surface area contributed by atoms with Crippen LogP contribution in [0.2, 0.25) is 0 Å². The third-order valence-electron chi connectivity index (χ3n) is 3.53. The van der Waals surface area contributed by atoms with Gasteiger partial charge in [0, 0.05) is 44.5 Å². The first kappa shape index (κ1) is 15.9. The standard InChI is InChI=1S/C15H20N4O3/c1-2-4-17-14(21)12-3-5-16-13(10-12)15(22)19-8-6-18(11-20)7-9-19/h3,5,10-11H,2,4,6-9H2,1H3,(H,17,21). The zero-order valence-corrected chi connectivity index (χ0v) is 12.6. The van der Waals surface area contributed by atoms with E-state index in [2.05, 4.69) is 10.3 Å². The highest BCUT2D eigenvalue weighted by Crippen LogP contribution is 2.08. The number of nitrogens with zero attached hydrogens (tertiary/aromatic N) is 3. The fourth-order valence-corrected chi connectivity index (χ4v) is 2.22. The van der Waals surface area contributed by atoms with Gasteiger partial charge in [0.25, 0.3) is 11.8 Å². The van der Waals surface area contributed by atoms with Crippen LogP contribution in [0.25, 0.3) is 0 Å². The summed E-state index contributed by atoms with van der Waals surface area (Å²) in [6.45, 7) is 4.56. The highest BCUT2D eigenvalue weighted by Gasteiger charge is 2.22. The topological polar surface area (TPSA) is 82.6 Å². The molecule has 22 heavy (non-hydrogen) atoms. The Morgan fingerprint density at radius 2 is 2.05 bits per heavy atom. The van der Waals surface area contributed by atoms with Crippen molar-refractivity contribution in [3.63, 3.8) is 0 Å². The molecule has 0 radical (unpaired) electrons. The molecule has 0 unspecified atom stereocenters. The van der Waals surface area contributed by atoms with Gasteiger partial charge in [-0.2, -0.15) is 0 Å². The van der Waals surface area contributed by atoms with Crippen molar-refractivity contribution in [3.8, 4) is 0 Å². The third-order valence-corrected chi connectivity index (χ3v) is 3.53. The Hall–Kier alpha value is -2.44. The molecule has 2 heterocycles. The molecule has 0 aromatic carbocycles. The molecule has 1 fully saturated rings. The predicted octanol–water partition coefficient (Wildman–Crippen LogP) is 0.136. The minimum absolute atomic E-state index is 0.205. The van der Waals surface area contributed by atoms with E-state index >= 15 is 0 Å². The lowest BCUT2D eigenvalue weighted by Gasteiger charge is -2.32. The van der Waals surface area contributed by atoms with E-state index in [-0.39, 0.29) is 17.5 Å². The number of hydrogen-bond acceptors (Lipinski definition) is 4. The molecule has 1 aliphatic rings. The van der Waals surface area contributed by atoms with Gasteiger partial charge in [0.15, 0.2) is 0 Å². The normalized spacial score (nSPS) is 14.6. The summed E-state index contributed by atoms with van der Waals surface area (Å²) in [6, 6.07) is 3.10. The highest BCUT2D eigenvalue weighted by atomic mass is 16.2. The molecule has 1 aromatic heterocycles. The zero-order valence-electron chi connectivity index (χ0n) is 12.6. The maximum Gasteiger partial charge on any atom is 0.272 e. The molecule has 7 nitrogen and oxygen atoms in total. The maximum absolute atomic E-state index is 12.4. The summed E-state index contributed by atoms with van der Waals surface area (Å²) in [6.07, 6.45) is 3.11. The minimum atomic E-state index is -0.212. The highest BCUT2D eigenvalue weighted by molar-refractivity contribution is 5.98. The molecule has 0 aliphatic carbocycles. The Labute approximate surface area is 129 Å². The molecule has 2 rings (SSSR count). The van der Waals surface area contributed by atoms with Crippen molar-refractivity contribution < 1.29 is 14.4 Å². The van der Waals surface area contributed by atoms with Crippen LogP contribution in [-0.2, 0) is 4.79 Å². The lowest BCUT2D eigenvalue weighted by atomic mass is 10.2. The summed E-state index contributed by atoms with van der Waals surface area (Å²) in [5, 5.41) is 2.77. The van der Waals surface area contributed by atoms with Gasteiger partial charge in [-0.1, -0.05) is 6.92 Å². The molecule has 1 saturated heterocycles. The van der Waals surface area contributed by atoms with Gasteiger partial charge < -0.3 is 15.1 Å². The Morgan fingerprint density at radius 1 is 1.32 bits per heavy atom. The van der Waals surface area contributed by atoms with Crippen molar-refractivity contribution in [2.24, 2.45) is 0 Å². The molecule has 0 spiro atoms. The summed E-state index contributed by atoms with van der Waals surface area (Å²) >= 11 is 0. The number of piperazine rings is 1. The number of carbonyl (C=O) groups is 3. The number of hydrogen-bond donors (Lipinski definition) is 1. The summed E-state index contributed by atoms with van der Waals surface area (Å²) in [5.41, 5.74) is 0.682. The van der Waals surface area contributed by atoms with Crippen molar-refractivity contribution in [2.45, 2.75) is 13.3 Å². The lowest BCUT2D eigenvalue weighted by molar-refractivity contribution is -0.119. The summed E-state index contributed by atoms with van der Waals surface area (Å²) in [5.74, 6) is -0.417. The molecular weight excluding hydrogens is 284 g/mol. The maximum atomic E-state index is 12.4. The van der Waals surface area contributed by atoms with Gasteiger partial charge in [-0.3, -0.25) is 19.4 Å². The van der Waals surface area contributed by atoms with Crippen LogP contribution < -0.4 is 5.32 Å². The molecular formula is C15H20N4O3. The number of pyridine rings is 1. The molecule has 3 amide bonds. The first-order chi connectivity index (χ1) is 10.7. The summed E-state index contributed by atoms with van der Waals surface area (Å²) < 4.78 is 0. The van der Waals surface area contributed by atoms with E-state index in [9.17, 15) is 14.4 Å². The molecule has 1 N–H and O–H groups in total. The Morgan fingerprint density at radius 3 is 2.68 bits per heavy atom.